The van der Waals surface area contributed by atoms with Crippen molar-refractivity contribution in [3.05, 3.63) is 53.0 Å². The monoisotopic (exact) mass is 301 g/mol. The van der Waals surface area contributed by atoms with Gasteiger partial charge in [0.05, 0.1) is 12.7 Å². The highest BCUT2D eigenvalue weighted by Gasteiger charge is 2.26. The smallest absolute Gasteiger partial charge is 0.338 e. The van der Waals surface area contributed by atoms with Crippen LogP contribution in [-0.4, -0.2) is 35.5 Å². The van der Waals surface area contributed by atoms with Crippen molar-refractivity contribution in [1.29, 1.82) is 0 Å². The van der Waals surface area contributed by atoms with Crippen molar-refractivity contribution in [2.45, 2.75) is 13.0 Å². The number of carbonyl (C=O) groups excluding carboxylic acids is 1. The number of carbonyl (C=O) groups is 2. The van der Waals surface area contributed by atoms with Crippen LogP contribution in [0.3, 0.4) is 0 Å². The molecule has 0 aliphatic carbocycles. The van der Waals surface area contributed by atoms with Crippen LogP contribution in [0.5, 0.6) is 5.75 Å². The van der Waals surface area contributed by atoms with Gasteiger partial charge in [-0.25, -0.2) is 4.79 Å². The maximum Gasteiger partial charge on any atom is 0.338 e. The lowest BCUT2D eigenvalue weighted by Gasteiger charge is -2.29. The van der Waals surface area contributed by atoms with Crippen LogP contribution in [0.15, 0.2) is 34.9 Å². The Morgan fingerprint density at radius 1 is 1.36 bits per heavy atom. The minimum atomic E-state index is -1.11. The third kappa shape index (κ3) is 2.43. The van der Waals surface area contributed by atoms with Gasteiger partial charge in [0.15, 0.2) is 5.76 Å². The summed E-state index contributed by atoms with van der Waals surface area (Å²) < 4.78 is 10.4. The molecule has 0 unspecified atom stereocenters. The maximum absolute atomic E-state index is 12.4. The molecular formula is C16H15NO5. The minimum absolute atomic E-state index is 0.0255. The molecule has 6 nitrogen and oxygen atoms in total. The molecule has 0 radical (unpaired) electrons. The number of nitrogens with zero attached hydrogens (tertiary/aromatic N) is 1. The third-order valence-electron chi connectivity index (χ3n) is 3.79. The molecule has 22 heavy (non-hydrogen) atoms. The largest absolute Gasteiger partial charge is 0.496 e. The summed E-state index contributed by atoms with van der Waals surface area (Å²) in [5, 5.41) is 8.88. The third-order valence-corrected chi connectivity index (χ3v) is 3.79. The fourth-order valence-electron chi connectivity index (χ4n) is 2.66. The topological polar surface area (TPSA) is 80.0 Å². The van der Waals surface area contributed by atoms with Gasteiger partial charge in [-0.15, -0.1) is 0 Å². The number of hydrogen-bond donors (Lipinski definition) is 1. The van der Waals surface area contributed by atoms with E-state index in [0.29, 0.717) is 19.5 Å². The van der Waals surface area contributed by atoms with E-state index in [-0.39, 0.29) is 17.2 Å². The van der Waals surface area contributed by atoms with Crippen molar-refractivity contribution in [3.8, 4) is 5.75 Å². The molecule has 1 N–H and O–H groups in total. The number of aromatic carboxylic acids is 1. The van der Waals surface area contributed by atoms with Gasteiger partial charge in [-0.3, -0.25) is 4.79 Å². The molecule has 114 valence electrons. The molecule has 0 spiro atoms. The Bertz CT molecular complexity index is 734. The Hall–Kier alpha value is -2.76. The Morgan fingerprint density at radius 3 is 2.86 bits per heavy atom. The Balaban J connectivity index is 1.81. The number of fused-ring (bicyclic) bond motifs is 1. The normalized spacial score (nSPS) is 13.6. The maximum atomic E-state index is 12.4. The lowest BCUT2D eigenvalue weighted by molar-refractivity contribution is 0.0690. The van der Waals surface area contributed by atoms with E-state index in [9.17, 15) is 9.59 Å². The van der Waals surface area contributed by atoms with E-state index in [1.807, 2.05) is 18.2 Å². The highest BCUT2D eigenvalue weighted by atomic mass is 16.5. The van der Waals surface area contributed by atoms with E-state index < -0.39 is 5.97 Å². The summed E-state index contributed by atoms with van der Waals surface area (Å²) in [5.74, 6) is -0.544. The highest BCUT2D eigenvalue weighted by Crippen LogP contribution is 2.28. The SMILES string of the molecule is COc1cccc2c1CCN(C(=O)c1cc(C(=O)O)co1)C2. The Kier molecular flexibility index (Phi) is 3.58. The molecule has 2 aromatic rings. The first-order chi connectivity index (χ1) is 10.6. The second-order valence-electron chi connectivity index (χ2n) is 5.08. The summed E-state index contributed by atoms with van der Waals surface area (Å²) in [5.41, 5.74) is 2.12. The van der Waals surface area contributed by atoms with Crippen LogP contribution in [0.1, 0.15) is 32.0 Å². The van der Waals surface area contributed by atoms with Gasteiger partial charge in [0.25, 0.3) is 5.91 Å². The number of amides is 1. The van der Waals surface area contributed by atoms with E-state index in [1.54, 1.807) is 12.0 Å². The molecule has 1 aliphatic heterocycles. The van der Waals surface area contributed by atoms with Crippen molar-refractivity contribution in [2.24, 2.45) is 0 Å². The van der Waals surface area contributed by atoms with E-state index in [4.69, 9.17) is 14.3 Å². The average molecular weight is 301 g/mol. The first-order valence-electron chi connectivity index (χ1n) is 6.86. The molecule has 1 aromatic carbocycles. The molecule has 1 aromatic heterocycles. The first kappa shape index (κ1) is 14.2. The number of furan rings is 1. The van der Waals surface area contributed by atoms with Gasteiger partial charge in [-0.1, -0.05) is 12.1 Å². The van der Waals surface area contributed by atoms with Crippen molar-refractivity contribution < 1.29 is 23.8 Å². The van der Waals surface area contributed by atoms with Crippen molar-refractivity contribution in [2.75, 3.05) is 13.7 Å². The predicted octanol–water partition coefficient (Wildman–Crippen LogP) is 2.18. The van der Waals surface area contributed by atoms with Gasteiger partial charge in [-0.05, 0) is 18.1 Å². The molecule has 0 bridgehead atoms. The summed E-state index contributed by atoms with van der Waals surface area (Å²) in [6, 6.07) is 7.01. The number of carboxylic acids is 1. The zero-order valence-corrected chi connectivity index (χ0v) is 12.0. The first-order valence-corrected chi connectivity index (χ1v) is 6.86. The second-order valence-corrected chi connectivity index (χ2v) is 5.08. The summed E-state index contributed by atoms with van der Waals surface area (Å²) in [4.78, 5) is 24.9. The standard InChI is InChI=1S/C16H15NO5/c1-21-13-4-2-3-10-8-17(6-5-12(10)13)15(18)14-7-11(9-22-14)16(19)20/h2-4,7,9H,5-6,8H2,1H3,(H,19,20). The molecule has 0 saturated carbocycles. The van der Waals surface area contributed by atoms with Gasteiger partial charge in [0.2, 0.25) is 0 Å². The van der Waals surface area contributed by atoms with Crippen molar-refractivity contribution >= 4 is 11.9 Å². The predicted molar refractivity (Wildman–Crippen MR) is 77.1 cm³/mol. The van der Waals surface area contributed by atoms with Gasteiger partial charge < -0.3 is 19.2 Å². The lowest BCUT2D eigenvalue weighted by Crippen LogP contribution is -2.35. The van der Waals surface area contributed by atoms with Crippen LogP contribution in [-0.2, 0) is 13.0 Å². The lowest BCUT2D eigenvalue weighted by atomic mass is 9.98. The molecule has 0 fully saturated rings. The van der Waals surface area contributed by atoms with Crippen LogP contribution in [0.25, 0.3) is 0 Å². The molecule has 3 rings (SSSR count). The van der Waals surface area contributed by atoms with E-state index in [2.05, 4.69) is 0 Å². The number of methoxy groups -OCH3 is 1. The van der Waals surface area contributed by atoms with E-state index in [1.165, 1.54) is 6.07 Å². The van der Waals surface area contributed by atoms with E-state index >= 15 is 0 Å². The Labute approximate surface area is 126 Å². The van der Waals surface area contributed by atoms with Crippen LogP contribution < -0.4 is 4.74 Å². The zero-order valence-electron chi connectivity index (χ0n) is 12.0. The van der Waals surface area contributed by atoms with E-state index in [0.717, 1.165) is 23.1 Å². The molecule has 6 heteroatoms. The van der Waals surface area contributed by atoms with Crippen LogP contribution in [0.2, 0.25) is 0 Å². The number of hydrogen-bond acceptors (Lipinski definition) is 4. The van der Waals surface area contributed by atoms with Gasteiger partial charge in [-0.2, -0.15) is 0 Å². The van der Waals surface area contributed by atoms with Crippen LogP contribution in [0.4, 0.5) is 0 Å². The number of rotatable bonds is 3. The van der Waals surface area contributed by atoms with Crippen LogP contribution >= 0.6 is 0 Å². The number of carboxylic acid groups (broad SMARTS) is 1. The zero-order chi connectivity index (χ0) is 15.7. The highest BCUT2D eigenvalue weighted by molar-refractivity contribution is 5.95. The van der Waals surface area contributed by atoms with Crippen molar-refractivity contribution in [3.63, 3.8) is 0 Å². The molecule has 1 amide bonds. The van der Waals surface area contributed by atoms with Crippen LogP contribution in [0, 0.1) is 0 Å². The molecule has 0 atom stereocenters. The minimum Gasteiger partial charge on any atom is -0.496 e. The average Bonchev–Trinajstić information content (AvgIpc) is 3.03. The Morgan fingerprint density at radius 2 is 2.18 bits per heavy atom. The fraction of sp³-hybridized carbons (Fsp3) is 0.250. The quantitative estimate of drug-likeness (QED) is 0.940. The summed E-state index contributed by atoms with van der Waals surface area (Å²) >= 11 is 0. The summed E-state index contributed by atoms with van der Waals surface area (Å²) in [6.45, 7) is 0.990. The summed E-state index contributed by atoms with van der Waals surface area (Å²) in [6.07, 6.45) is 1.77. The van der Waals surface area contributed by atoms with Crippen molar-refractivity contribution in [1.82, 2.24) is 4.90 Å². The summed E-state index contributed by atoms with van der Waals surface area (Å²) in [7, 11) is 1.63. The molecular weight excluding hydrogens is 286 g/mol. The fourth-order valence-corrected chi connectivity index (χ4v) is 2.66. The number of benzene rings is 1. The second kappa shape index (κ2) is 5.55. The van der Waals surface area contributed by atoms with Gasteiger partial charge >= 0.3 is 5.97 Å². The molecule has 1 aliphatic rings. The van der Waals surface area contributed by atoms with Gasteiger partial charge in [0.1, 0.15) is 12.0 Å². The van der Waals surface area contributed by atoms with Gasteiger partial charge in [0, 0.05) is 24.7 Å². The molecule has 0 saturated heterocycles. The molecule has 2 heterocycles. The number of ether oxygens (including phenoxy) is 1.